The van der Waals surface area contributed by atoms with E-state index in [1.165, 1.54) is 0 Å². The minimum absolute atomic E-state index is 0.0228. The van der Waals surface area contributed by atoms with Crippen LogP contribution in [0.5, 0.6) is 5.75 Å². The molecular formula is C20H22O4. The van der Waals surface area contributed by atoms with Crippen LogP contribution in [0.4, 0.5) is 0 Å². The molecule has 2 rings (SSSR count). The summed E-state index contributed by atoms with van der Waals surface area (Å²) >= 11 is 0. The number of rotatable bonds is 8. The van der Waals surface area contributed by atoms with Crippen LogP contribution in [0.3, 0.4) is 0 Å². The zero-order valence-electron chi connectivity index (χ0n) is 14.0. The highest BCUT2D eigenvalue weighted by Crippen LogP contribution is 2.23. The molecule has 0 saturated heterocycles. The minimum atomic E-state index is -0.800. The van der Waals surface area contributed by atoms with Gasteiger partial charge in [-0.2, -0.15) is 0 Å². The Morgan fingerprint density at radius 2 is 1.54 bits per heavy atom. The molecule has 4 nitrogen and oxygen atoms in total. The molecule has 0 aliphatic rings. The van der Waals surface area contributed by atoms with Crippen LogP contribution in [0, 0.1) is 5.41 Å². The van der Waals surface area contributed by atoms with E-state index < -0.39 is 11.4 Å². The van der Waals surface area contributed by atoms with Gasteiger partial charge < -0.3 is 9.84 Å². The van der Waals surface area contributed by atoms with Crippen LogP contribution >= 0.6 is 0 Å². The van der Waals surface area contributed by atoms with Crippen molar-refractivity contribution < 1.29 is 19.4 Å². The Hall–Kier alpha value is -2.62. The van der Waals surface area contributed by atoms with Gasteiger partial charge in [-0.1, -0.05) is 30.3 Å². The van der Waals surface area contributed by atoms with Gasteiger partial charge >= 0.3 is 5.97 Å². The van der Waals surface area contributed by atoms with Gasteiger partial charge in [-0.15, -0.1) is 0 Å². The molecule has 24 heavy (non-hydrogen) atoms. The Labute approximate surface area is 142 Å². The molecule has 0 bridgehead atoms. The third-order valence-corrected chi connectivity index (χ3v) is 3.95. The molecule has 0 aliphatic heterocycles. The topological polar surface area (TPSA) is 63.6 Å². The maximum Gasteiger partial charge on any atom is 0.309 e. The highest BCUT2D eigenvalue weighted by molar-refractivity contribution is 6.08. The molecule has 2 aromatic rings. The Balaban J connectivity index is 1.87. The van der Waals surface area contributed by atoms with E-state index in [0.717, 1.165) is 0 Å². The average Bonchev–Trinajstić information content (AvgIpc) is 2.59. The van der Waals surface area contributed by atoms with E-state index in [9.17, 15) is 9.59 Å². The van der Waals surface area contributed by atoms with Crippen molar-refractivity contribution in [2.75, 3.05) is 6.61 Å². The van der Waals surface area contributed by atoms with Gasteiger partial charge in [0.2, 0.25) is 0 Å². The van der Waals surface area contributed by atoms with Gasteiger partial charge in [0.1, 0.15) is 5.75 Å². The van der Waals surface area contributed by atoms with Crippen LogP contribution in [0.1, 0.15) is 42.6 Å². The minimum Gasteiger partial charge on any atom is -0.494 e. The smallest absolute Gasteiger partial charge is 0.309 e. The molecule has 126 valence electrons. The summed E-state index contributed by atoms with van der Waals surface area (Å²) in [6.07, 6.45) is 1.21. The third kappa shape index (κ3) is 4.69. The van der Waals surface area contributed by atoms with Crippen LogP contribution < -0.4 is 4.74 Å². The lowest BCUT2D eigenvalue weighted by Gasteiger charge is -2.18. The zero-order valence-corrected chi connectivity index (χ0v) is 14.0. The van der Waals surface area contributed by atoms with E-state index in [1.807, 2.05) is 18.2 Å². The first kappa shape index (κ1) is 17.7. The highest BCUT2D eigenvalue weighted by Gasteiger charge is 2.26. The summed E-state index contributed by atoms with van der Waals surface area (Å²) in [6, 6.07) is 16.1. The van der Waals surface area contributed by atoms with E-state index in [1.54, 1.807) is 50.2 Å². The predicted octanol–water partition coefficient (Wildman–Crippen LogP) is 4.19. The summed E-state index contributed by atoms with van der Waals surface area (Å²) in [5, 5.41) is 9.06. The molecule has 4 heteroatoms. The fourth-order valence-corrected chi connectivity index (χ4v) is 2.27. The molecule has 0 heterocycles. The first-order chi connectivity index (χ1) is 11.4. The van der Waals surface area contributed by atoms with Gasteiger partial charge in [0, 0.05) is 11.1 Å². The number of ketones is 1. The summed E-state index contributed by atoms with van der Waals surface area (Å²) in [4.78, 5) is 23.3. The Kier molecular flexibility index (Phi) is 5.74. The van der Waals surface area contributed by atoms with E-state index in [2.05, 4.69) is 0 Å². The van der Waals surface area contributed by atoms with Crippen molar-refractivity contribution in [1.29, 1.82) is 0 Å². The Morgan fingerprint density at radius 1 is 0.958 bits per heavy atom. The number of carboxylic acid groups (broad SMARTS) is 1. The molecule has 0 radical (unpaired) electrons. The quantitative estimate of drug-likeness (QED) is 0.583. The van der Waals surface area contributed by atoms with Crippen LogP contribution in [-0.2, 0) is 4.79 Å². The Morgan fingerprint density at radius 3 is 2.12 bits per heavy atom. The first-order valence-electron chi connectivity index (χ1n) is 7.96. The third-order valence-electron chi connectivity index (χ3n) is 3.95. The highest BCUT2D eigenvalue weighted by atomic mass is 16.5. The number of aliphatic carboxylic acids is 1. The van der Waals surface area contributed by atoms with Crippen molar-refractivity contribution in [1.82, 2.24) is 0 Å². The van der Waals surface area contributed by atoms with Gasteiger partial charge in [0.15, 0.2) is 5.78 Å². The fourth-order valence-electron chi connectivity index (χ4n) is 2.27. The predicted molar refractivity (Wildman–Crippen MR) is 92.5 cm³/mol. The van der Waals surface area contributed by atoms with Crippen LogP contribution in [0.2, 0.25) is 0 Å². The van der Waals surface area contributed by atoms with E-state index >= 15 is 0 Å². The number of carbonyl (C=O) groups is 2. The van der Waals surface area contributed by atoms with Crippen molar-refractivity contribution in [2.45, 2.75) is 26.7 Å². The molecule has 0 aliphatic carbocycles. The molecule has 0 spiro atoms. The molecule has 0 unspecified atom stereocenters. The van der Waals surface area contributed by atoms with Gasteiger partial charge in [-0.25, -0.2) is 0 Å². The molecular weight excluding hydrogens is 304 g/mol. The van der Waals surface area contributed by atoms with Gasteiger partial charge in [-0.3, -0.25) is 9.59 Å². The molecule has 1 N–H and O–H groups in total. The number of ether oxygens (including phenoxy) is 1. The van der Waals surface area contributed by atoms with Crippen molar-refractivity contribution in [3.05, 3.63) is 65.7 Å². The number of hydrogen-bond donors (Lipinski definition) is 1. The van der Waals surface area contributed by atoms with Crippen molar-refractivity contribution in [3.63, 3.8) is 0 Å². The second-order valence-electron chi connectivity index (χ2n) is 6.36. The average molecular weight is 326 g/mol. The zero-order chi connectivity index (χ0) is 17.6. The maximum atomic E-state index is 12.3. The van der Waals surface area contributed by atoms with E-state index in [4.69, 9.17) is 9.84 Å². The van der Waals surface area contributed by atoms with Gasteiger partial charge in [0.05, 0.1) is 12.0 Å². The largest absolute Gasteiger partial charge is 0.494 e. The lowest BCUT2D eigenvalue weighted by Crippen LogP contribution is -2.24. The number of carbonyl (C=O) groups excluding carboxylic acids is 1. The number of hydrogen-bond acceptors (Lipinski definition) is 3. The summed E-state index contributed by atoms with van der Waals surface area (Å²) in [6.45, 7) is 3.86. The lowest BCUT2D eigenvalue weighted by atomic mass is 9.88. The normalized spacial score (nSPS) is 11.1. The summed E-state index contributed by atoms with van der Waals surface area (Å²) in [5.41, 5.74) is 0.526. The van der Waals surface area contributed by atoms with Crippen molar-refractivity contribution >= 4 is 11.8 Å². The van der Waals surface area contributed by atoms with E-state index in [-0.39, 0.29) is 5.78 Å². The Bertz CT molecular complexity index is 687. The van der Waals surface area contributed by atoms with Gasteiger partial charge in [-0.05, 0) is 51.0 Å². The second kappa shape index (κ2) is 7.77. The lowest BCUT2D eigenvalue weighted by molar-refractivity contribution is -0.147. The first-order valence-corrected chi connectivity index (χ1v) is 7.96. The van der Waals surface area contributed by atoms with Crippen LogP contribution in [0.25, 0.3) is 0 Å². The molecule has 0 saturated carbocycles. The second-order valence-corrected chi connectivity index (χ2v) is 6.36. The molecule has 0 atom stereocenters. The number of carboxylic acids is 1. The molecule has 0 aromatic heterocycles. The SMILES string of the molecule is CC(C)(CCCOc1ccc(C(=O)c2ccccc2)cc1)C(=O)O. The fraction of sp³-hybridized carbons (Fsp3) is 0.300. The molecule has 0 amide bonds. The van der Waals surface area contributed by atoms with Crippen LogP contribution in [0.15, 0.2) is 54.6 Å². The number of benzene rings is 2. The van der Waals surface area contributed by atoms with Crippen LogP contribution in [-0.4, -0.2) is 23.5 Å². The summed E-state index contributed by atoms with van der Waals surface area (Å²) < 4.78 is 5.62. The molecule has 0 fully saturated rings. The summed E-state index contributed by atoms with van der Waals surface area (Å²) in [5.74, 6) is -0.149. The maximum absolute atomic E-state index is 12.3. The monoisotopic (exact) mass is 326 g/mol. The summed E-state index contributed by atoms with van der Waals surface area (Å²) in [7, 11) is 0. The van der Waals surface area contributed by atoms with Gasteiger partial charge in [0.25, 0.3) is 0 Å². The van der Waals surface area contributed by atoms with Crippen molar-refractivity contribution in [3.8, 4) is 5.75 Å². The molecule has 2 aromatic carbocycles. The standard InChI is InChI=1S/C20H22O4/c1-20(2,19(22)23)13-6-14-24-17-11-9-16(10-12-17)18(21)15-7-4-3-5-8-15/h3-5,7-12H,6,13-14H2,1-2H3,(H,22,23). The van der Waals surface area contributed by atoms with Crippen molar-refractivity contribution in [2.24, 2.45) is 5.41 Å². The van der Waals surface area contributed by atoms with E-state index in [0.29, 0.717) is 36.3 Å².